The maximum Gasteiger partial charge on any atom is 0.220 e. The topological polar surface area (TPSA) is 63.2 Å². The van der Waals surface area contributed by atoms with E-state index in [9.17, 15) is 13.2 Å². The SMILES string of the molecule is O=C(C[C@@H]1C[C@H]2CC[C@H]1C2)N[C@@H]1CCS(=O)(=O)C1. The monoisotopic (exact) mass is 271 g/mol. The number of amides is 1. The highest BCUT2D eigenvalue weighted by Crippen LogP contribution is 2.49. The molecule has 0 unspecified atom stereocenters. The Labute approximate surface area is 108 Å². The number of fused-ring (bicyclic) bond motifs is 2. The van der Waals surface area contributed by atoms with Crippen LogP contribution in [0.3, 0.4) is 0 Å². The van der Waals surface area contributed by atoms with Crippen LogP contribution in [0, 0.1) is 17.8 Å². The van der Waals surface area contributed by atoms with Crippen molar-refractivity contribution in [1.82, 2.24) is 5.32 Å². The molecule has 0 aromatic heterocycles. The molecule has 0 aromatic carbocycles. The summed E-state index contributed by atoms with van der Waals surface area (Å²) in [7, 11) is -2.89. The first-order valence-electron chi connectivity index (χ1n) is 7.01. The van der Waals surface area contributed by atoms with Gasteiger partial charge < -0.3 is 5.32 Å². The molecule has 0 radical (unpaired) electrons. The van der Waals surface area contributed by atoms with Gasteiger partial charge in [-0.2, -0.15) is 0 Å². The zero-order valence-corrected chi connectivity index (χ0v) is 11.4. The lowest BCUT2D eigenvalue weighted by molar-refractivity contribution is -0.122. The van der Waals surface area contributed by atoms with E-state index in [4.69, 9.17) is 0 Å². The van der Waals surface area contributed by atoms with E-state index in [0.717, 1.165) is 11.8 Å². The molecule has 1 N–H and O–H groups in total. The molecule has 5 heteroatoms. The lowest BCUT2D eigenvalue weighted by Crippen LogP contribution is -2.37. The van der Waals surface area contributed by atoms with Crippen molar-refractivity contribution >= 4 is 15.7 Å². The van der Waals surface area contributed by atoms with Crippen molar-refractivity contribution in [2.75, 3.05) is 11.5 Å². The second-order valence-corrected chi connectivity index (χ2v) is 8.54. The number of carbonyl (C=O) groups is 1. The molecule has 4 atom stereocenters. The van der Waals surface area contributed by atoms with Crippen LogP contribution in [0.2, 0.25) is 0 Å². The predicted octanol–water partition coefficient (Wildman–Crippen LogP) is 1.12. The second kappa shape index (κ2) is 4.51. The molecule has 18 heavy (non-hydrogen) atoms. The van der Waals surface area contributed by atoms with E-state index in [1.54, 1.807) is 0 Å². The quantitative estimate of drug-likeness (QED) is 0.836. The van der Waals surface area contributed by atoms with Crippen LogP contribution in [-0.4, -0.2) is 31.9 Å². The van der Waals surface area contributed by atoms with Crippen molar-refractivity contribution in [2.45, 2.75) is 44.6 Å². The largest absolute Gasteiger partial charge is 0.352 e. The van der Waals surface area contributed by atoms with Crippen molar-refractivity contribution < 1.29 is 13.2 Å². The minimum atomic E-state index is -2.89. The third-order valence-electron chi connectivity index (χ3n) is 4.93. The molecule has 0 aromatic rings. The van der Waals surface area contributed by atoms with Gasteiger partial charge in [0, 0.05) is 12.5 Å². The van der Waals surface area contributed by atoms with E-state index < -0.39 is 9.84 Å². The Bertz CT molecular complexity index is 445. The Morgan fingerprint density at radius 1 is 1.17 bits per heavy atom. The van der Waals surface area contributed by atoms with E-state index in [0.29, 0.717) is 18.8 Å². The van der Waals surface area contributed by atoms with Crippen molar-refractivity contribution in [3.05, 3.63) is 0 Å². The highest BCUT2D eigenvalue weighted by molar-refractivity contribution is 7.91. The first-order chi connectivity index (χ1) is 8.52. The Kier molecular flexibility index (Phi) is 3.12. The molecular weight excluding hydrogens is 250 g/mol. The van der Waals surface area contributed by atoms with Gasteiger partial charge >= 0.3 is 0 Å². The Balaban J connectivity index is 1.48. The van der Waals surface area contributed by atoms with E-state index in [2.05, 4.69) is 5.32 Å². The number of nitrogens with one attached hydrogen (secondary N) is 1. The Morgan fingerprint density at radius 2 is 2.00 bits per heavy atom. The van der Waals surface area contributed by atoms with Gasteiger partial charge in [-0.05, 0) is 43.4 Å². The zero-order chi connectivity index (χ0) is 12.8. The average molecular weight is 271 g/mol. The summed E-state index contributed by atoms with van der Waals surface area (Å²) in [5.41, 5.74) is 0. The highest BCUT2D eigenvalue weighted by Gasteiger charge is 2.40. The van der Waals surface area contributed by atoms with Crippen LogP contribution in [0.1, 0.15) is 38.5 Å². The molecule has 3 rings (SSSR count). The Morgan fingerprint density at radius 3 is 2.56 bits per heavy atom. The fraction of sp³-hybridized carbons (Fsp3) is 0.923. The summed E-state index contributed by atoms with van der Waals surface area (Å²) in [5, 5.41) is 2.90. The molecule has 2 saturated carbocycles. The molecule has 1 amide bonds. The highest BCUT2D eigenvalue weighted by atomic mass is 32.2. The Hall–Kier alpha value is -0.580. The van der Waals surface area contributed by atoms with Crippen LogP contribution < -0.4 is 5.32 Å². The molecule has 1 saturated heterocycles. The fourth-order valence-corrected chi connectivity index (χ4v) is 5.73. The fourth-order valence-electron chi connectivity index (χ4n) is 4.06. The maximum atomic E-state index is 11.9. The maximum absolute atomic E-state index is 11.9. The van der Waals surface area contributed by atoms with Gasteiger partial charge in [0.1, 0.15) is 0 Å². The van der Waals surface area contributed by atoms with Gasteiger partial charge in [-0.3, -0.25) is 4.79 Å². The van der Waals surface area contributed by atoms with Crippen molar-refractivity contribution in [3.63, 3.8) is 0 Å². The van der Waals surface area contributed by atoms with Crippen LogP contribution in [0.4, 0.5) is 0 Å². The van der Waals surface area contributed by atoms with Crippen molar-refractivity contribution in [1.29, 1.82) is 0 Å². The van der Waals surface area contributed by atoms with Gasteiger partial charge in [0.2, 0.25) is 5.91 Å². The first-order valence-corrected chi connectivity index (χ1v) is 8.84. The van der Waals surface area contributed by atoms with E-state index in [-0.39, 0.29) is 23.5 Å². The molecule has 1 heterocycles. The van der Waals surface area contributed by atoms with Crippen LogP contribution in [0.25, 0.3) is 0 Å². The summed E-state index contributed by atoms with van der Waals surface area (Å²) >= 11 is 0. The van der Waals surface area contributed by atoms with E-state index >= 15 is 0 Å². The lowest BCUT2D eigenvalue weighted by atomic mass is 9.86. The number of rotatable bonds is 3. The third kappa shape index (κ3) is 2.56. The van der Waals surface area contributed by atoms with Crippen molar-refractivity contribution in [3.8, 4) is 0 Å². The first kappa shape index (κ1) is 12.5. The third-order valence-corrected chi connectivity index (χ3v) is 6.70. The molecule has 2 bridgehead atoms. The van der Waals surface area contributed by atoms with Crippen LogP contribution in [-0.2, 0) is 14.6 Å². The van der Waals surface area contributed by atoms with E-state index in [1.165, 1.54) is 25.7 Å². The number of carbonyl (C=O) groups excluding carboxylic acids is 1. The molecule has 3 fully saturated rings. The van der Waals surface area contributed by atoms with Gasteiger partial charge in [-0.1, -0.05) is 6.42 Å². The van der Waals surface area contributed by atoms with Gasteiger partial charge in [0.05, 0.1) is 11.5 Å². The number of hydrogen-bond donors (Lipinski definition) is 1. The molecule has 2 aliphatic carbocycles. The summed E-state index contributed by atoms with van der Waals surface area (Å²) in [5.74, 6) is 2.60. The summed E-state index contributed by atoms with van der Waals surface area (Å²) in [6.45, 7) is 0. The summed E-state index contributed by atoms with van der Waals surface area (Å²) in [6, 6.07) is -0.138. The number of sulfone groups is 1. The normalized spacial score (nSPS) is 41.1. The summed E-state index contributed by atoms with van der Waals surface area (Å²) in [6.07, 6.45) is 6.36. The summed E-state index contributed by atoms with van der Waals surface area (Å²) < 4.78 is 22.6. The van der Waals surface area contributed by atoms with Crippen molar-refractivity contribution in [2.24, 2.45) is 17.8 Å². The predicted molar refractivity (Wildman–Crippen MR) is 68.8 cm³/mol. The molecule has 4 nitrogen and oxygen atoms in total. The molecule has 0 spiro atoms. The molecule has 3 aliphatic rings. The average Bonchev–Trinajstić information content (AvgIpc) is 2.93. The van der Waals surface area contributed by atoms with Crippen LogP contribution in [0.5, 0.6) is 0 Å². The number of hydrogen-bond acceptors (Lipinski definition) is 3. The standard InChI is InChI=1S/C13H21NO3S/c15-13(14-12-3-4-18(16,17)8-12)7-11-6-9-1-2-10(11)5-9/h9-12H,1-8H2,(H,14,15)/t9-,10-,11-,12+/m0/s1. The van der Waals surface area contributed by atoms with Crippen LogP contribution >= 0.6 is 0 Å². The second-order valence-electron chi connectivity index (χ2n) is 6.31. The smallest absolute Gasteiger partial charge is 0.220 e. The zero-order valence-electron chi connectivity index (χ0n) is 10.6. The molecular formula is C13H21NO3S. The summed E-state index contributed by atoms with van der Waals surface area (Å²) in [4.78, 5) is 11.9. The molecule has 1 aliphatic heterocycles. The van der Waals surface area contributed by atoms with Gasteiger partial charge in [0.15, 0.2) is 9.84 Å². The van der Waals surface area contributed by atoms with Gasteiger partial charge in [-0.25, -0.2) is 8.42 Å². The minimum absolute atomic E-state index is 0.0645. The van der Waals surface area contributed by atoms with Gasteiger partial charge in [0.25, 0.3) is 0 Å². The van der Waals surface area contributed by atoms with Gasteiger partial charge in [-0.15, -0.1) is 0 Å². The van der Waals surface area contributed by atoms with Crippen LogP contribution in [0.15, 0.2) is 0 Å². The van der Waals surface area contributed by atoms with E-state index in [1.807, 2.05) is 0 Å². The molecule has 102 valence electrons. The lowest BCUT2D eigenvalue weighted by Gasteiger charge is -2.21. The minimum Gasteiger partial charge on any atom is -0.352 e.